The third kappa shape index (κ3) is 12.7. The second kappa shape index (κ2) is 24.3. The molecule has 6 heterocycles. The van der Waals surface area contributed by atoms with E-state index in [0.717, 1.165) is 89.1 Å². The lowest BCUT2D eigenvalue weighted by atomic mass is 9.92. The number of carbonyl (C=O) groups is 3. The summed E-state index contributed by atoms with van der Waals surface area (Å²) in [7, 11) is 0. The Hall–Kier alpha value is -5.70. The molecular weight excluding hydrogens is 1080 g/mol. The van der Waals surface area contributed by atoms with Crippen LogP contribution in [0.15, 0.2) is 88.1 Å². The van der Waals surface area contributed by atoms with Crippen molar-refractivity contribution in [2.45, 2.75) is 113 Å². The molecule has 2 fully saturated rings. The Morgan fingerprint density at radius 1 is 0.649 bits per heavy atom. The molecular formula is C59H70Br2ClN7O5. The van der Waals surface area contributed by atoms with E-state index in [1.165, 1.54) is 66.9 Å². The Balaban J connectivity index is 0.000000227. The minimum absolute atomic E-state index is 0. The van der Waals surface area contributed by atoms with E-state index in [0.29, 0.717) is 12.8 Å². The molecule has 0 unspecified atom stereocenters. The van der Waals surface area contributed by atoms with Crippen LogP contribution in [0, 0.1) is 67.2 Å². The van der Waals surface area contributed by atoms with Gasteiger partial charge in [0.2, 0.25) is 5.91 Å². The molecule has 9 rings (SSSR count). The summed E-state index contributed by atoms with van der Waals surface area (Å²) in [5, 5.41) is 14.5. The maximum Gasteiger partial charge on any atom is 0.328 e. The molecule has 2 saturated heterocycles. The smallest absolute Gasteiger partial charge is 0.328 e. The maximum absolute atomic E-state index is 13.1. The number of piperidine rings is 2. The lowest BCUT2D eigenvalue weighted by molar-refractivity contribution is -0.147. The van der Waals surface area contributed by atoms with Gasteiger partial charge < -0.3 is 34.1 Å². The first-order chi connectivity index (χ1) is 34.9. The lowest BCUT2D eigenvalue weighted by Crippen LogP contribution is -2.44. The molecule has 0 aliphatic carbocycles. The Labute approximate surface area is 458 Å². The topological polar surface area (TPSA) is 135 Å². The molecule has 0 spiro atoms. The number of aryl methyl sites for hydroxylation is 8. The van der Waals surface area contributed by atoms with Gasteiger partial charge in [-0.1, -0.05) is 62.2 Å². The molecule has 1 amide bonds. The van der Waals surface area contributed by atoms with Crippen molar-refractivity contribution in [3.05, 3.63) is 138 Å². The summed E-state index contributed by atoms with van der Waals surface area (Å²) >= 11 is 7.23. The van der Waals surface area contributed by atoms with Crippen molar-refractivity contribution in [3.63, 3.8) is 0 Å². The van der Waals surface area contributed by atoms with Crippen LogP contribution in [0.25, 0.3) is 33.4 Å². The Kier molecular flexibility index (Phi) is 18.4. The van der Waals surface area contributed by atoms with E-state index in [-0.39, 0.29) is 49.1 Å². The van der Waals surface area contributed by atoms with Crippen LogP contribution in [0.1, 0.15) is 95.8 Å². The van der Waals surface area contributed by atoms with Crippen molar-refractivity contribution < 1.29 is 24.2 Å². The first-order valence-electron chi connectivity index (χ1n) is 25.6. The molecule has 0 bridgehead atoms. The summed E-state index contributed by atoms with van der Waals surface area (Å²) in [6.45, 7) is 22.5. The van der Waals surface area contributed by atoms with Gasteiger partial charge in [-0.05, 0) is 175 Å². The largest absolute Gasteiger partial charge is 0.481 e. The van der Waals surface area contributed by atoms with Gasteiger partial charge in [0.15, 0.2) is 0 Å². The summed E-state index contributed by atoms with van der Waals surface area (Å²) in [6, 6.07) is 22.0. The fraction of sp³-hybridized carbons (Fsp3) is 0.407. The number of amides is 1. The number of aliphatic carboxylic acids is 1. The van der Waals surface area contributed by atoms with E-state index in [4.69, 9.17) is 19.8 Å². The predicted octanol–water partition coefficient (Wildman–Crippen LogP) is 13.1. The van der Waals surface area contributed by atoms with Crippen molar-refractivity contribution in [2.24, 2.45) is 11.8 Å². The van der Waals surface area contributed by atoms with E-state index in [9.17, 15) is 14.4 Å². The van der Waals surface area contributed by atoms with Gasteiger partial charge in [0.25, 0.3) is 0 Å². The van der Waals surface area contributed by atoms with Crippen LogP contribution in [-0.4, -0.2) is 80.9 Å². The van der Waals surface area contributed by atoms with Crippen LogP contribution in [-0.2, 0) is 25.5 Å². The molecule has 7 aromatic rings. The molecule has 392 valence electrons. The van der Waals surface area contributed by atoms with E-state index < -0.39 is 12.0 Å². The summed E-state index contributed by atoms with van der Waals surface area (Å²) in [5.74, 6) is -0.641. The molecule has 2 aliphatic heterocycles. The van der Waals surface area contributed by atoms with Gasteiger partial charge in [-0.2, -0.15) is 0 Å². The van der Waals surface area contributed by atoms with E-state index in [2.05, 4.69) is 153 Å². The highest BCUT2D eigenvalue weighted by Crippen LogP contribution is 2.39. The zero-order chi connectivity index (χ0) is 52.2. The number of benzene rings is 3. The highest BCUT2D eigenvalue weighted by molar-refractivity contribution is 9.10. The number of carbonyl (C=O) groups excluding carboxylic acids is 2. The second-order valence-electron chi connectivity index (χ2n) is 20.3. The first-order valence-corrected chi connectivity index (χ1v) is 27.2. The lowest BCUT2D eigenvalue weighted by Gasteiger charge is -2.34. The van der Waals surface area contributed by atoms with Crippen molar-refractivity contribution in [1.82, 2.24) is 24.4 Å². The first kappa shape index (κ1) is 56.0. The molecule has 0 saturated carbocycles. The SMILES string of the molecule is CCOC(=O)[C@H](Cc1ccccc1)NC(=O)CC1CCN(c2cc(C)nc3c2c(C)cn3-c2c(C)cc(Br)cc2C)CC1.Cc1cc(N2CCC(CC(=O)O)CC2)c2c(C)cn(-c3c(C)cc(Br)cc3C)c2n1.Cl. The van der Waals surface area contributed by atoms with Gasteiger partial charge in [0.05, 0.1) is 18.0 Å². The number of aromatic nitrogens is 4. The van der Waals surface area contributed by atoms with Crippen molar-refractivity contribution in [2.75, 3.05) is 42.6 Å². The molecule has 0 radical (unpaired) electrons. The molecule has 74 heavy (non-hydrogen) atoms. The zero-order valence-electron chi connectivity index (χ0n) is 44.2. The van der Waals surface area contributed by atoms with Crippen molar-refractivity contribution in [3.8, 4) is 11.4 Å². The second-order valence-corrected chi connectivity index (χ2v) is 22.2. The number of hydrogen-bond acceptors (Lipinski definition) is 8. The zero-order valence-corrected chi connectivity index (χ0v) is 48.1. The Morgan fingerprint density at radius 3 is 1.47 bits per heavy atom. The van der Waals surface area contributed by atoms with Crippen LogP contribution in [0.5, 0.6) is 0 Å². The Bertz CT molecular complexity index is 3130. The summed E-state index contributed by atoms with van der Waals surface area (Å²) in [5.41, 5.74) is 16.9. The molecule has 1 atom stereocenters. The fourth-order valence-corrected chi connectivity index (χ4v) is 12.6. The van der Waals surface area contributed by atoms with Gasteiger partial charge in [0.1, 0.15) is 17.3 Å². The number of pyridine rings is 2. The standard InChI is InChI=1S/C35H41BrN4O3.C24H28BrN3O2.ClH/c1-6-43-35(42)29(19-26-10-8-7-9-11-26)38-31(41)20-27-12-14-39(15-13-27)30-18-25(5)37-34-32(30)24(4)21-40(34)33-22(2)16-28(36)17-23(33)3;1-14-9-19(25)10-15(2)23(14)28-13-16(3)22-20(11-17(4)26-24(22)28)27-7-5-18(6-8-27)12-21(29)30;/h7-11,16-18,21,27,29H,6,12-15,19-20H2,1-5H3,(H,38,41);9-11,13,18H,5-8,12H2,1-4H3,(H,29,30);1H/t29-;;/m0../s1. The van der Waals surface area contributed by atoms with Crippen molar-refractivity contribution >= 4 is 95.6 Å². The molecule has 2 N–H and O–H groups in total. The number of rotatable bonds is 13. The van der Waals surface area contributed by atoms with E-state index >= 15 is 0 Å². The number of carboxylic acids is 1. The normalized spacial score (nSPS) is 14.6. The monoisotopic (exact) mass is 1150 g/mol. The molecule has 3 aromatic carbocycles. The Morgan fingerprint density at radius 2 is 1.07 bits per heavy atom. The number of nitrogens with zero attached hydrogens (tertiary/aromatic N) is 6. The van der Waals surface area contributed by atoms with Gasteiger partial charge in [-0.25, -0.2) is 14.8 Å². The van der Waals surface area contributed by atoms with Crippen LogP contribution < -0.4 is 15.1 Å². The van der Waals surface area contributed by atoms with E-state index in [1.807, 2.05) is 37.3 Å². The number of fused-ring (bicyclic) bond motifs is 2. The maximum atomic E-state index is 13.1. The predicted molar refractivity (Wildman–Crippen MR) is 308 cm³/mol. The molecule has 4 aromatic heterocycles. The molecule has 15 heteroatoms. The number of esters is 1. The quantitative estimate of drug-likeness (QED) is 0.108. The number of halogens is 3. The summed E-state index contributed by atoms with van der Waals surface area (Å²) in [6.07, 6.45) is 9.14. The third-order valence-corrected chi connectivity index (χ3v) is 15.5. The number of carboxylic acid groups (broad SMARTS) is 1. The molecule has 12 nitrogen and oxygen atoms in total. The number of nitrogens with one attached hydrogen (secondary N) is 1. The average Bonchev–Trinajstić information content (AvgIpc) is 3.82. The van der Waals surface area contributed by atoms with Crippen LogP contribution in [0.2, 0.25) is 0 Å². The van der Waals surface area contributed by atoms with Gasteiger partial charge in [-0.15, -0.1) is 12.4 Å². The highest BCUT2D eigenvalue weighted by atomic mass is 79.9. The molecule has 2 aliphatic rings. The summed E-state index contributed by atoms with van der Waals surface area (Å²) in [4.78, 5) is 51.6. The van der Waals surface area contributed by atoms with Gasteiger partial charge in [-0.3, -0.25) is 9.59 Å². The van der Waals surface area contributed by atoms with Crippen LogP contribution in [0.4, 0.5) is 11.4 Å². The van der Waals surface area contributed by atoms with Crippen molar-refractivity contribution in [1.29, 1.82) is 0 Å². The average molecular weight is 1150 g/mol. The number of ether oxygens (including phenoxy) is 1. The van der Waals surface area contributed by atoms with E-state index in [1.54, 1.807) is 6.92 Å². The minimum atomic E-state index is -0.691. The minimum Gasteiger partial charge on any atom is -0.481 e. The fourth-order valence-electron chi connectivity index (χ4n) is 11.2. The number of anilines is 2. The summed E-state index contributed by atoms with van der Waals surface area (Å²) < 4.78 is 11.9. The number of hydrogen-bond donors (Lipinski definition) is 2. The van der Waals surface area contributed by atoms with Gasteiger partial charge >= 0.3 is 11.9 Å². The van der Waals surface area contributed by atoms with Crippen LogP contribution in [0.3, 0.4) is 0 Å². The highest BCUT2D eigenvalue weighted by Gasteiger charge is 2.29. The van der Waals surface area contributed by atoms with Gasteiger partial charge in [0, 0.05) is 100 Å². The van der Waals surface area contributed by atoms with Crippen LogP contribution >= 0.6 is 44.3 Å². The third-order valence-electron chi connectivity index (χ3n) is 14.5.